The van der Waals surface area contributed by atoms with Gasteiger partial charge in [-0.25, -0.2) is 4.98 Å². The van der Waals surface area contributed by atoms with Gasteiger partial charge in [0.25, 0.3) is 6.39 Å². The third-order valence-electron chi connectivity index (χ3n) is 1.74. The van der Waals surface area contributed by atoms with Crippen LogP contribution >= 0.6 is 0 Å². The van der Waals surface area contributed by atoms with Gasteiger partial charge < -0.3 is 4.42 Å². The Labute approximate surface area is 70.9 Å². The molecule has 0 aliphatic carbocycles. The molecule has 2 heteroatoms. The van der Waals surface area contributed by atoms with E-state index in [0.717, 1.165) is 17.0 Å². The SMILES string of the molecule is Cc1o[c]nc1-c1ccccc1. The van der Waals surface area contributed by atoms with Gasteiger partial charge >= 0.3 is 0 Å². The molecule has 0 saturated carbocycles. The molecule has 0 fully saturated rings. The molecule has 0 spiro atoms. The molecule has 0 N–H and O–H groups in total. The number of aromatic nitrogens is 1. The van der Waals surface area contributed by atoms with Crippen LogP contribution in [0.5, 0.6) is 0 Å². The molecule has 2 aromatic rings. The van der Waals surface area contributed by atoms with Crippen molar-refractivity contribution < 1.29 is 4.42 Å². The number of hydrogen-bond acceptors (Lipinski definition) is 2. The highest BCUT2D eigenvalue weighted by Crippen LogP contribution is 2.19. The number of rotatable bonds is 1. The van der Waals surface area contributed by atoms with Crippen molar-refractivity contribution in [2.24, 2.45) is 0 Å². The first-order chi connectivity index (χ1) is 5.88. The smallest absolute Gasteiger partial charge is 0.284 e. The van der Waals surface area contributed by atoms with Crippen molar-refractivity contribution in [2.45, 2.75) is 6.92 Å². The molecule has 12 heavy (non-hydrogen) atoms. The summed E-state index contributed by atoms with van der Waals surface area (Å²) in [4.78, 5) is 3.99. The topological polar surface area (TPSA) is 26.0 Å². The van der Waals surface area contributed by atoms with E-state index in [4.69, 9.17) is 4.42 Å². The van der Waals surface area contributed by atoms with Crippen LogP contribution in [0, 0.1) is 13.3 Å². The second-order valence-corrected chi connectivity index (χ2v) is 2.58. The average Bonchev–Trinajstić information content (AvgIpc) is 2.53. The summed E-state index contributed by atoms with van der Waals surface area (Å²) >= 11 is 0. The maximum atomic E-state index is 4.98. The third-order valence-corrected chi connectivity index (χ3v) is 1.74. The van der Waals surface area contributed by atoms with E-state index in [1.54, 1.807) is 0 Å². The first-order valence-corrected chi connectivity index (χ1v) is 3.77. The van der Waals surface area contributed by atoms with Gasteiger partial charge in [-0.2, -0.15) is 0 Å². The van der Waals surface area contributed by atoms with Crippen LogP contribution in [0.25, 0.3) is 11.3 Å². The second kappa shape index (κ2) is 2.81. The molecule has 0 bridgehead atoms. The normalized spacial score (nSPS) is 10.1. The Morgan fingerprint density at radius 2 is 2.00 bits per heavy atom. The van der Waals surface area contributed by atoms with Crippen molar-refractivity contribution in [2.75, 3.05) is 0 Å². The number of oxazole rings is 1. The Bertz CT molecular complexity index is 364. The molecule has 0 saturated heterocycles. The zero-order chi connectivity index (χ0) is 8.39. The Morgan fingerprint density at radius 1 is 1.25 bits per heavy atom. The monoisotopic (exact) mass is 158 g/mol. The van der Waals surface area contributed by atoms with Crippen LogP contribution in [-0.2, 0) is 0 Å². The molecule has 0 atom stereocenters. The second-order valence-electron chi connectivity index (χ2n) is 2.58. The van der Waals surface area contributed by atoms with E-state index < -0.39 is 0 Å². The van der Waals surface area contributed by atoms with E-state index in [1.807, 2.05) is 37.3 Å². The summed E-state index contributed by atoms with van der Waals surface area (Å²) in [5.41, 5.74) is 1.94. The summed E-state index contributed by atoms with van der Waals surface area (Å²) in [5, 5.41) is 0. The molecule has 0 unspecified atom stereocenters. The molecule has 1 heterocycles. The molecule has 0 amide bonds. The Morgan fingerprint density at radius 3 is 2.58 bits per heavy atom. The van der Waals surface area contributed by atoms with E-state index in [2.05, 4.69) is 11.4 Å². The summed E-state index contributed by atoms with van der Waals surface area (Å²) in [7, 11) is 0. The Balaban J connectivity index is 2.51. The summed E-state index contributed by atoms with van der Waals surface area (Å²) in [6.07, 6.45) is 2.47. The van der Waals surface area contributed by atoms with Crippen LogP contribution in [-0.4, -0.2) is 4.98 Å². The van der Waals surface area contributed by atoms with E-state index >= 15 is 0 Å². The zero-order valence-electron chi connectivity index (χ0n) is 6.74. The maximum Gasteiger partial charge on any atom is 0.284 e. The van der Waals surface area contributed by atoms with Crippen molar-refractivity contribution in [3.63, 3.8) is 0 Å². The van der Waals surface area contributed by atoms with Crippen LogP contribution in [0.1, 0.15) is 5.76 Å². The standard InChI is InChI=1S/C10H8NO/c1-8-10(11-7-12-8)9-5-3-2-4-6-9/h2-6H,1H3. The quantitative estimate of drug-likeness (QED) is 0.637. The lowest BCUT2D eigenvalue weighted by Crippen LogP contribution is -1.78. The van der Waals surface area contributed by atoms with Crippen LogP contribution in [0.15, 0.2) is 34.7 Å². The van der Waals surface area contributed by atoms with Gasteiger partial charge in [-0.15, -0.1) is 0 Å². The molecule has 1 aromatic heterocycles. The number of nitrogens with zero attached hydrogens (tertiary/aromatic N) is 1. The lowest BCUT2D eigenvalue weighted by atomic mass is 10.1. The van der Waals surface area contributed by atoms with Gasteiger partial charge in [0.15, 0.2) is 0 Å². The van der Waals surface area contributed by atoms with Gasteiger partial charge in [0.1, 0.15) is 11.5 Å². The molecule has 1 radical (unpaired) electrons. The van der Waals surface area contributed by atoms with E-state index in [9.17, 15) is 0 Å². The summed E-state index contributed by atoms with van der Waals surface area (Å²) in [6, 6.07) is 9.92. The van der Waals surface area contributed by atoms with Crippen molar-refractivity contribution in [1.82, 2.24) is 4.98 Å². The third kappa shape index (κ3) is 1.11. The molecule has 2 nitrogen and oxygen atoms in total. The number of benzene rings is 1. The molecule has 0 aliphatic rings. The molecule has 59 valence electrons. The Kier molecular flexibility index (Phi) is 1.67. The van der Waals surface area contributed by atoms with E-state index in [1.165, 1.54) is 0 Å². The fourth-order valence-corrected chi connectivity index (χ4v) is 1.13. The van der Waals surface area contributed by atoms with Crippen LogP contribution in [0.3, 0.4) is 0 Å². The van der Waals surface area contributed by atoms with Gasteiger partial charge in [-0.1, -0.05) is 30.3 Å². The first-order valence-electron chi connectivity index (χ1n) is 3.77. The highest BCUT2D eigenvalue weighted by Gasteiger charge is 2.04. The maximum absolute atomic E-state index is 4.98. The van der Waals surface area contributed by atoms with Gasteiger partial charge in [-0.05, 0) is 6.92 Å². The van der Waals surface area contributed by atoms with Crippen molar-refractivity contribution in [3.05, 3.63) is 42.5 Å². The fraction of sp³-hybridized carbons (Fsp3) is 0.100. The summed E-state index contributed by atoms with van der Waals surface area (Å²) < 4.78 is 4.98. The Hall–Kier alpha value is -1.57. The van der Waals surface area contributed by atoms with Gasteiger partial charge in [0.2, 0.25) is 0 Å². The van der Waals surface area contributed by atoms with E-state index in [-0.39, 0.29) is 0 Å². The summed E-state index contributed by atoms with van der Waals surface area (Å²) in [5.74, 6) is 0.807. The van der Waals surface area contributed by atoms with Crippen molar-refractivity contribution in [3.8, 4) is 11.3 Å². The van der Waals surface area contributed by atoms with Crippen molar-refractivity contribution >= 4 is 0 Å². The van der Waals surface area contributed by atoms with Gasteiger partial charge in [0.05, 0.1) is 0 Å². The van der Waals surface area contributed by atoms with E-state index in [0.29, 0.717) is 0 Å². The first kappa shape index (κ1) is 7.10. The van der Waals surface area contributed by atoms with Crippen LogP contribution in [0.2, 0.25) is 0 Å². The lowest BCUT2D eigenvalue weighted by Gasteiger charge is -1.94. The van der Waals surface area contributed by atoms with Crippen molar-refractivity contribution in [1.29, 1.82) is 0 Å². The fourth-order valence-electron chi connectivity index (χ4n) is 1.13. The highest BCUT2D eigenvalue weighted by atomic mass is 16.3. The minimum atomic E-state index is 0.807. The minimum Gasteiger partial charge on any atom is -0.437 e. The summed E-state index contributed by atoms with van der Waals surface area (Å²) in [6.45, 7) is 1.88. The molecular formula is C10H8NO. The predicted octanol–water partition coefficient (Wildman–Crippen LogP) is 2.45. The predicted molar refractivity (Wildman–Crippen MR) is 45.5 cm³/mol. The van der Waals surface area contributed by atoms with Crippen LogP contribution < -0.4 is 0 Å². The number of aryl methyl sites for hydroxylation is 1. The van der Waals surface area contributed by atoms with Gasteiger partial charge in [-0.3, -0.25) is 0 Å². The highest BCUT2D eigenvalue weighted by molar-refractivity contribution is 5.60. The largest absolute Gasteiger partial charge is 0.437 e. The van der Waals surface area contributed by atoms with Crippen LogP contribution in [0.4, 0.5) is 0 Å². The minimum absolute atomic E-state index is 0.807. The molecule has 0 aliphatic heterocycles. The average molecular weight is 158 g/mol. The molecule has 2 rings (SSSR count). The molecular weight excluding hydrogens is 150 g/mol. The van der Waals surface area contributed by atoms with Gasteiger partial charge in [0, 0.05) is 5.56 Å². The zero-order valence-corrected chi connectivity index (χ0v) is 6.74. The lowest BCUT2D eigenvalue weighted by molar-refractivity contribution is 0.518. The molecule has 1 aromatic carbocycles. The number of hydrogen-bond donors (Lipinski definition) is 0.